The average Bonchev–Trinajstić information content (AvgIpc) is 3.20. The minimum absolute atomic E-state index is 0.00875. The molecule has 0 fully saturated rings. The van der Waals surface area contributed by atoms with Crippen LogP contribution in [0, 0.1) is 0 Å². The largest absolute Gasteiger partial charge is 0.471 e. The van der Waals surface area contributed by atoms with Gasteiger partial charge >= 0.3 is 0 Å². The summed E-state index contributed by atoms with van der Waals surface area (Å²) in [6.07, 6.45) is 1.07. The van der Waals surface area contributed by atoms with Gasteiger partial charge in [0.05, 0.1) is 10.6 Å². The summed E-state index contributed by atoms with van der Waals surface area (Å²) in [5.74, 6) is 0.463. The Morgan fingerprint density at radius 3 is 2.89 bits per heavy atom. The van der Waals surface area contributed by atoms with Crippen molar-refractivity contribution in [3.05, 3.63) is 64.2 Å². The highest BCUT2D eigenvalue weighted by atomic mass is 35.5. The van der Waals surface area contributed by atoms with Crippen LogP contribution in [0.2, 0.25) is 5.02 Å². The second kappa shape index (κ2) is 6.87. The summed E-state index contributed by atoms with van der Waals surface area (Å²) in [5, 5.41) is 9.85. The standard InChI is InChI=1S/C16H13ClN4O4S2/c17-12-3-1-2-11(6-12)8-20-10-25-15-7-13(4-5-14(15)20)27(23,24)19-16-18-9-21(22)26-16/h1-7,9,22H,8,10H2. The van der Waals surface area contributed by atoms with Gasteiger partial charge in [-0.3, -0.25) is 0 Å². The summed E-state index contributed by atoms with van der Waals surface area (Å²) in [4.78, 5) is 5.60. The zero-order chi connectivity index (χ0) is 19.0. The molecule has 0 amide bonds. The lowest BCUT2D eigenvalue weighted by atomic mass is 10.2. The van der Waals surface area contributed by atoms with Gasteiger partial charge in [-0.05, 0) is 29.8 Å². The maximum absolute atomic E-state index is 12.4. The topological polar surface area (TPSA) is 97.0 Å². The first-order valence-corrected chi connectivity index (χ1v) is 10.3. The second-order valence-electron chi connectivity index (χ2n) is 5.72. The van der Waals surface area contributed by atoms with E-state index < -0.39 is 10.0 Å². The fourth-order valence-corrected chi connectivity index (χ4v) is 4.51. The molecule has 11 heteroatoms. The van der Waals surface area contributed by atoms with Gasteiger partial charge in [0, 0.05) is 29.2 Å². The number of benzene rings is 2. The molecule has 27 heavy (non-hydrogen) atoms. The molecule has 2 heterocycles. The Hall–Kier alpha value is -2.56. The van der Waals surface area contributed by atoms with E-state index >= 15 is 0 Å². The summed E-state index contributed by atoms with van der Waals surface area (Å²) in [6, 6.07) is 12.1. The lowest BCUT2D eigenvalue weighted by Crippen LogP contribution is -2.21. The van der Waals surface area contributed by atoms with Crippen LogP contribution in [0.5, 0.6) is 5.75 Å². The number of rotatable bonds is 4. The summed E-state index contributed by atoms with van der Waals surface area (Å²) < 4.78 is 34.8. The summed E-state index contributed by atoms with van der Waals surface area (Å²) in [7, 11) is -3.97. The number of anilines is 1. The summed E-state index contributed by atoms with van der Waals surface area (Å²) in [5.41, 5.74) is 1.81. The fourth-order valence-electron chi connectivity index (χ4n) is 2.66. The van der Waals surface area contributed by atoms with Crippen LogP contribution in [0.3, 0.4) is 0 Å². The third kappa shape index (κ3) is 3.77. The summed E-state index contributed by atoms with van der Waals surface area (Å²) >= 11 is 6.72. The lowest BCUT2D eigenvalue weighted by Gasteiger charge is -2.16. The zero-order valence-electron chi connectivity index (χ0n) is 13.7. The minimum atomic E-state index is -3.97. The molecule has 1 aliphatic heterocycles. The molecule has 3 aromatic rings. The second-order valence-corrected chi connectivity index (χ2v) is 8.68. The predicted octanol–water partition coefficient (Wildman–Crippen LogP) is 2.48. The van der Waals surface area contributed by atoms with Crippen molar-refractivity contribution in [2.45, 2.75) is 11.4 Å². The van der Waals surface area contributed by atoms with E-state index in [4.69, 9.17) is 16.3 Å². The number of sulfonamides is 1. The molecule has 0 radical (unpaired) electrons. The molecule has 2 aromatic carbocycles. The Labute approximate surface area is 163 Å². The maximum Gasteiger partial charge on any atom is 0.285 e. The minimum Gasteiger partial charge on any atom is -0.471 e. The van der Waals surface area contributed by atoms with Crippen LogP contribution in [0.25, 0.3) is 0 Å². The number of aromatic nitrogens is 2. The van der Waals surface area contributed by atoms with Crippen LogP contribution in [-0.2, 0) is 16.6 Å². The molecule has 0 aliphatic carbocycles. The van der Waals surface area contributed by atoms with Gasteiger partial charge in [0.25, 0.3) is 10.0 Å². The molecule has 140 valence electrons. The molecule has 1 N–H and O–H groups in total. The van der Waals surface area contributed by atoms with Crippen LogP contribution >= 0.6 is 23.1 Å². The molecule has 8 nitrogen and oxygen atoms in total. The van der Waals surface area contributed by atoms with Crippen LogP contribution in [0.1, 0.15) is 5.56 Å². The van der Waals surface area contributed by atoms with Crippen molar-refractivity contribution in [3.8, 4) is 5.75 Å². The predicted molar refractivity (Wildman–Crippen MR) is 99.6 cm³/mol. The lowest BCUT2D eigenvalue weighted by molar-refractivity contribution is 0.216. The number of halogens is 1. The third-order valence-electron chi connectivity index (χ3n) is 3.85. The highest BCUT2D eigenvalue weighted by Crippen LogP contribution is 2.37. The molecule has 0 unspecified atom stereocenters. The smallest absolute Gasteiger partial charge is 0.285 e. The Kier molecular flexibility index (Phi) is 4.54. The molecule has 0 saturated heterocycles. The van der Waals surface area contributed by atoms with Gasteiger partial charge in [-0.2, -0.15) is 8.42 Å². The first kappa shape index (κ1) is 17.8. The number of nitrogens with zero attached hydrogens (tertiary/aromatic N) is 4. The van der Waals surface area contributed by atoms with E-state index in [0.717, 1.165) is 17.6 Å². The van der Waals surface area contributed by atoms with E-state index in [2.05, 4.69) is 9.38 Å². The van der Waals surface area contributed by atoms with Crippen molar-refractivity contribution in [2.24, 2.45) is 4.40 Å². The van der Waals surface area contributed by atoms with Crippen molar-refractivity contribution < 1.29 is 18.4 Å². The van der Waals surface area contributed by atoms with Gasteiger partial charge < -0.3 is 14.8 Å². The first-order chi connectivity index (χ1) is 12.9. The van der Waals surface area contributed by atoms with E-state index in [1.165, 1.54) is 12.1 Å². The fraction of sp³-hybridized carbons (Fsp3) is 0.125. The Morgan fingerprint density at radius 1 is 1.30 bits per heavy atom. The first-order valence-electron chi connectivity index (χ1n) is 7.72. The van der Waals surface area contributed by atoms with E-state index in [9.17, 15) is 13.6 Å². The molecule has 0 atom stereocenters. The average molecular weight is 425 g/mol. The number of hydrogen-bond acceptors (Lipinski definition) is 7. The summed E-state index contributed by atoms with van der Waals surface area (Å²) in [6.45, 7) is 0.888. The molecule has 0 spiro atoms. The number of hydrogen-bond donors (Lipinski definition) is 1. The Bertz CT molecular complexity index is 1170. The van der Waals surface area contributed by atoms with Crippen LogP contribution in [0.15, 0.2) is 58.1 Å². The van der Waals surface area contributed by atoms with Crippen molar-refractivity contribution in [2.75, 3.05) is 11.6 Å². The highest BCUT2D eigenvalue weighted by molar-refractivity contribution is 7.90. The molecular formula is C16H13ClN4O4S2. The third-order valence-corrected chi connectivity index (χ3v) is 6.10. The molecular weight excluding hydrogens is 412 g/mol. The van der Waals surface area contributed by atoms with Crippen LogP contribution < -0.4 is 14.4 Å². The van der Waals surface area contributed by atoms with Gasteiger partial charge in [-0.15, -0.1) is 8.52 Å². The van der Waals surface area contributed by atoms with Gasteiger partial charge in [0.1, 0.15) is 12.1 Å². The van der Waals surface area contributed by atoms with Crippen molar-refractivity contribution in [1.82, 2.24) is 9.10 Å². The van der Waals surface area contributed by atoms with Crippen LogP contribution in [-0.4, -0.2) is 29.5 Å². The van der Waals surface area contributed by atoms with E-state index in [-0.39, 0.29) is 9.70 Å². The van der Waals surface area contributed by atoms with Crippen molar-refractivity contribution in [3.63, 3.8) is 0 Å². The molecule has 1 aliphatic rings. The normalized spacial score (nSPS) is 14.3. The highest BCUT2D eigenvalue weighted by Gasteiger charge is 2.24. The number of ether oxygens (including phenoxy) is 1. The molecule has 0 bridgehead atoms. The van der Waals surface area contributed by atoms with Crippen molar-refractivity contribution in [1.29, 1.82) is 0 Å². The zero-order valence-corrected chi connectivity index (χ0v) is 16.1. The Morgan fingerprint density at radius 2 is 2.15 bits per heavy atom. The van der Waals surface area contributed by atoms with E-state index in [0.29, 0.717) is 39.7 Å². The number of fused-ring (bicyclic) bond motifs is 1. The van der Waals surface area contributed by atoms with Gasteiger partial charge in [-0.25, -0.2) is 4.98 Å². The van der Waals surface area contributed by atoms with Crippen LogP contribution in [0.4, 0.5) is 5.69 Å². The molecule has 4 rings (SSSR count). The van der Waals surface area contributed by atoms with Gasteiger partial charge in [0.2, 0.25) is 4.80 Å². The molecule has 1 aromatic heterocycles. The monoisotopic (exact) mass is 424 g/mol. The Balaban J connectivity index is 1.61. The van der Waals surface area contributed by atoms with Gasteiger partial charge in [-0.1, -0.05) is 23.7 Å². The SMILES string of the molecule is O=S(=O)(N=c1ncn(O)s1)c1ccc2c(c1)OCN2Cc1cccc(Cl)c1. The quantitative estimate of drug-likeness (QED) is 0.646. The maximum atomic E-state index is 12.4. The van der Waals surface area contributed by atoms with Crippen molar-refractivity contribution >= 4 is 38.8 Å². The van der Waals surface area contributed by atoms with Gasteiger partial charge in [0.15, 0.2) is 6.73 Å². The van der Waals surface area contributed by atoms with E-state index in [1.54, 1.807) is 12.1 Å². The molecule has 0 saturated carbocycles. The van der Waals surface area contributed by atoms with E-state index in [1.807, 2.05) is 23.1 Å².